The van der Waals surface area contributed by atoms with Crippen LogP contribution >= 0.6 is 23.2 Å². The van der Waals surface area contributed by atoms with E-state index >= 15 is 0 Å². The van der Waals surface area contributed by atoms with Crippen LogP contribution in [0.1, 0.15) is 128 Å². The van der Waals surface area contributed by atoms with Crippen LogP contribution in [0.15, 0.2) is 121 Å². The predicted octanol–water partition coefficient (Wildman–Crippen LogP) is 14.1. The Kier molecular flexibility index (Phi) is 24.3. The summed E-state index contributed by atoms with van der Waals surface area (Å²) in [6, 6.07) is 39.2. The number of rotatable bonds is 20. The number of ether oxygens (including phenoxy) is 4. The second kappa shape index (κ2) is 31.9. The Bertz CT molecular complexity index is 3660. The minimum atomic E-state index is -0.961. The lowest BCUT2D eigenvalue weighted by molar-refractivity contribution is -0.137. The fourth-order valence-corrected chi connectivity index (χ4v) is 12.0. The molecule has 2 aromatic heterocycles. The zero-order valence-electron chi connectivity index (χ0n) is 52.8. The second-order valence-electron chi connectivity index (χ2n) is 25.2. The maximum absolute atomic E-state index is 13.8. The molecule has 4 heterocycles. The van der Waals surface area contributed by atoms with E-state index in [1.807, 2.05) is 117 Å². The summed E-state index contributed by atoms with van der Waals surface area (Å²) in [5, 5.41) is 24.1. The molecular formula is C70H88Cl2N8O9. The molecular weight excluding hydrogens is 1170 g/mol. The summed E-state index contributed by atoms with van der Waals surface area (Å²) in [6.07, 6.45) is 5.93. The molecule has 0 bridgehead atoms. The molecule has 0 radical (unpaired) electrons. The quantitative estimate of drug-likeness (QED) is 0.0527. The minimum Gasteiger partial charge on any atom is -0.481 e. The number of imidazole rings is 2. The molecule has 8 aromatic rings. The van der Waals surface area contributed by atoms with Crippen LogP contribution in [0.5, 0.6) is 0 Å². The highest BCUT2D eigenvalue weighted by Gasteiger charge is 2.32. The number of hydrogen-bond acceptors (Lipinski definition) is 11. The molecule has 2 saturated heterocycles. The molecule has 3 amide bonds. The van der Waals surface area contributed by atoms with Gasteiger partial charge in [-0.2, -0.15) is 0 Å². The highest BCUT2D eigenvalue weighted by molar-refractivity contribution is 6.31. The second-order valence-corrected chi connectivity index (χ2v) is 26.1. The third-order valence-electron chi connectivity index (χ3n) is 15.6. The van der Waals surface area contributed by atoms with Gasteiger partial charge in [-0.05, 0) is 169 Å². The van der Waals surface area contributed by atoms with Crippen LogP contribution in [0, 0.1) is 0 Å². The maximum atomic E-state index is 13.8. The molecule has 0 aliphatic carbocycles. The molecule has 4 atom stereocenters. The number of carbonyl (C=O) groups is 4. The number of aromatic nitrogens is 4. The van der Waals surface area contributed by atoms with Crippen molar-refractivity contribution in [3.05, 3.63) is 154 Å². The van der Waals surface area contributed by atoms with Gasteiger partial charge in [0.1, 0.15) is 22.9 Å². The van der Waals surface area contributed by atoms with E-state index in [0.717, 1.165) is 124 Å². The number of carboxylic acids is 1. The lowest BCUT2D eigenvalue weighted by atomic mass is 9.95. The van der Waals surface area contributed by atoms with Crippen LogP contribution < -0.4 is 16.0 Å². The number of nitrogens with one attached hydrogen (secondary N) is 3. The molecule has 2 aliphatic rings. The van der Waals surface area contributed by atoms with Gasteiger partial charge in [-0.1, -0.05) is 108 Å². The zero-order chi connectivity index (χ0) is 63.7. The SMILES string of the molecule is CC(C)(C)OC(=O)N[C@@H](CC(=O)O)Cc1ccc2ccccc2c1.COCCCn1c([C@@H]2CCCN(C(=O)C[C@@H](Cc3ccc4ccccc4c3)NC(=O)OC(C)(C)C)C2)nc2ccc(Cl)cc21.COCCCn1c([C@@H]2CCCNC2)nc2ccc(Cl)cc21. The topological polar surface area (TPSA) is 200 Å². The van der Waals surface area contributed by atoms with Crippen molar-refractivity contribution in [2.45, 2.75) is 154 Å². The molecule has 6 aromatic carbocycles. The van der Waals surface area contributed by atoms with E-state index in [2.05, 4.69) is 55.4 Å². The lowest BCUT2D eigenvalue weighted by Crippen LogP contribution is -2.46. The zero-order valence-corrected chi connectivity index (χ0v) is 54.3. The van der Waals surface area contributed by atoms with Gasteiger partial charge >= 0.3 is 18.2 Å². The number of methoxy groups -OCH3 is 2. The van der Waals surface area contributed by atoms with E-state index in [1.54, 1.807) is 35.0 Å². The van der Waals surface area contributed by atoms with Gasteiger partial charge < -0.3 is 54.0 Å². The first-order chi connectivity index (χ1) is 42.6. The number of alkyl carbamates (subject to hydrolysis) is 2. The van der Waals surface area contributed by atoms with E-state index in [0.29, 0.717) is 43.5 Å². The number of aryl methyl sites for hydroxylation is 2. The van der Waals surface area contributed by atoms with Crippen molar-refractivity contribution >= 4 is 90.9 Å². The predicted molar refractivity (Wildman–Crippen MR) is 354 cm³/mol. The fraction of sp³-hybridized carbons (Fsp3) is 0.457. The molecule has 19 heteroatoms. The minimum absolute atomic E-state index is 0.0154. The number of nitrogens with zero attached hydrogens (tertiary/aromatic N) is 5. The molecule has 0 saturated carbocycles. The van der Waals surface area contributed by atoms with Crippen molar-refractivity contribution in [1.29, 1.82) is 0 Å². The molecule has 89 heavy (non-hydrogen) atoms. The molecule has 2 fully saturated rings. The fourth-order valence-electron chi connectivity index (χ4n) is 11.7. The van der Waals surface area contributed by atoms with E-state index < -0.39 is 41.4 Å². The molecule has 10 rings (SSSR count). The first kappa shape index (κ1) is 67.6. The van der Waals surface area contributed by atoms with Crippen LogP contribution in [-0.4, -0.2) is 130 Å². The largest absolute Gasteiger partial charge is 0.481 e. The lowest BCUT2D eigenvalue weighted by Gasteiger charge is -2.34. The van der Waals surface area contributed by atoms with Gasteiger partial charge in [-0.25, -0.2) is 19.6 Å². The van der Waals surface area contributed by atoms with Crippen LogP contribution in [-0.2, 0) is 54.5 Å². The van der Waals surface area contributed by atoms with E-state index in [-0.39, 0.29) is 24.7 Å². The number of benzene rings is 6. The summed E-state index contributed by atoms with van der Waals surface area (Å²) in [7, 11) is 3.45. The number of piperidine rings is 2. The number of carbonyl (C=O) groups excluding carboxylic acids is 3. The van der Waals surface area contributed by atoms with Crippen LogP contribution in [0.3, 0.4) is 0 Å². The van der Waals surface area contributed by atoms with Crippen LogP contribution in [0.4, 0.5) is 9.59 Å². The number of fused-ring (bicyclic) bond motifs is 4. The van der Waals surface area contributed by atoms with E-state index in [1.165, 1.54) is 18.7 Å². The monoisotopic (exact) mass is 1250 g/mol. The number of likely N-dealkylation sites (tertiary alicyclic amines) is 1. The van der Waals surface area contributed by atoms with E-state index in [4.69, 9.17) is 57.2 Å². The molecule has 17 nitrogen and oxygen atoms in total. The van der Waals surface area contributed by atoms with Gasteiger partial charge in [-0.15, -0.1) is 0 Å². The van der Waals surface area contributed by atoms with Crippen LogP contribution in [0.25, 0.3) is 43.6 Å². The summed E-state index contributed by atoms with van der Waals surface area (Å²) < 4.78 is 25.9. The number of aliphatic carboxylic acids is 1. The average molecular weight is 1260 g/mol. The van der Waals surface area contributed by atoms with Crippen molar-refractivity contribution < 1.29 is 43.2 Å². The summed E-state index contributed by atoms with van der Waals surface area (Å²) in [4.78, 5) is 61.5. The summed E-state index contributed by atoms with van der Waals surface area (Å²) in [5.41, 5.74) is 4.85. The molecule has 2 aliphatic heterocycles. The first-order valence-corrected chi connectivity index (χ1v) is 31.8. The normalized spacial score (nSPS) is 16.0. The Labute approximate surface area is 533 Å². The van der Waals surface area contributed by atoms with Crippen molar-refractivity contribution in [2.75, 3.05) is 53.6 Å². The van der Waals surface area contributed by atoms with Gasteiger partial charge in [0.05, 0.1) is 28.5 Å². The Hall–Kier alpha value is -7.28. The Morgan fingerprint density at radius 2 is 1.09 bits per heavy atom. The standard InChI is InChI=1S/C35H43ClN4O4.C19H23NO4.C16H22ClN3O/c1-35(2,3)44-34(42)37-29(20-24-12-13-25-9-5-6-10-26(25)19-24)22-32(41)39-16-7-11-27(23-39)33-38-30-15-14-28(36)21-31(30)40(33)17-8-18-43-4;1-19(2,3)24-18(23)20-16(12-17(21)22)11-13-8-9-14-6-4-5-7-15(14)10-13;1-21-9-3-8-20-15-10-13(17)5-6-14(15)19-16(20)12-4-2-7-18-11-12/h5-6,9-10,12-15,19,21,27,29H,7-8,11,16-18,20,22-23H2,1-4H3,(H,37,42);4-10,16H,11-12H2,1-3H3,(H,20,23)(H,21,22);5-6,10,12,18H,2-4,7-9,11H2,1H3/t27-,29-;16-;12-/m111/s1. The highest BCUT2D eigenvalue weighted by atomic mass is 35.5. The smallest absolute Gasteiger partial charge is 0.407 e. The molecule has 0 spiro atoms. The molecule has 0 unspecified atom stereocenters. The summed E-state index contributed by atoms with van der Waals surface area (Å²) in [5.74, 6) is 1.82. The number of carboxylic acid groups (broad SMARTS) is 1. The number of hydrogen-bond donors (Lipinski definition) is 4. The Morgan fingerprint density at radius 3 is 1.55 bits per heavy atom. The van der Waals surface area contributed by atoms with Gasteiger partial charge in [0, 0.05) is 101 Å². The first-order valence-electron chi connectivity index (χ1n) is 31.1. The van der Waals surface area contributed by atoms with Crippen LogP contribution in [0.2, 0.25) is 10.0 Å². The van der Waals surface area contributed by atoms with Crippen molar-refractivity contribution in [2.24, 2.45) is 0 Å². The van der Waals surface area contributed by atoms with Gasteiger partial charge in [0.2, 0.25) is 5.91 Å². The Balaban J connectivity index is 0.000000191. The molecule has 4 N–H and O–H groups in total. The Morgan fingerprint density at radius 1 is 0.618 bits per heavy atom. The third kappa shape index (κ3) is 20.4. The number of halogens is 2. The average Bonchev–Trinajstić information content (AvgIpc) is 1.74. The van der Waals surface area contributed by atoms with Crippen molar-refractivity contribution in [1.82, 2.24) is 40.0 Å². The van der Waals surface area contributed by atoms with Crippen molar-refractivity contribution in [3.63, 3.8) is 0 Å². The van der Waals surface area contributed by atoms with Crippen molar-refractivity contribution in [3.8, 4) is 0 Å². The highest BCUT2D eigenvalue weighted by Crippen LogP contribution is 2.33. The third-order valence-corrected chi connectivity index (χ3v) is 16.1. The van der Waals surface area contributed by atoms with Gasteiger partial charge in [-0.3, -0.25) is 9.59 Å². The maximum Gasteiger partial charge on any atom is 0.407 e. The number of amides is 3. The summed E-state index contributed by atoms with van der Waals surface area (Å²) >= 11 is 12.5. The summed E-state index contributed by atoms with van der Waals surface area (Å²) in [6.45, 7) is 17.3. The molecule has 476 valence electrons. The van der Waals surface area contributed by atoms with Gasteiger partial charge in [0.25, 0.3) is 0 Å². The van der Waals surface area contributed by atoms with Gasteiger partial charge in [0.15, 0.2) is 0 Å². The van der Waals surface area contributed by atoms with E-state index in [9.17, 15) is 19.2 Å².